The third kappa shape index (κ3) is 3.81. The number of amides is 4. The minimum Gasteiger partial charge on any atom is -0.493 e. The third-order valence-electron chi connectivity index (χ3n) is 8.37. The second-order valence-corrected chi connectivity index (χ2v) is 10.7. The van der Waals surface area contributed by atoms with Crippen LogP contribution in [-0.2, 0) is 16.0 Å². The van der Waals surface area contributed by atoms with Crippen molar-refractivity contribution in [3.05, 3.63) is 80.0 Å². The number of aliphatic imine (C=N–C) groups is 1. The molecule has 2 aromatic carbocycles. The summed E-state index contributed by atoms with van der Waals surface area (Å²) in [5, 5.41) is 10.9. The molecule has 3 aromatic rings. The summed E-state index contributed by atoms with van der Waals surface area (Å²) in [5.74, 6) is -1.59. The molecule has 2 N–H and O–H groups in total. The van der Waals surface area contributed by atoms with Crippen LogP contribution in [0.1, 0.15) is 29.5 Å². The summed E-state index contributed by atoms with van der Waals surface area (Å²) in [4.78, 5) is 75.5. The molecule has 1 aromatic heterocycles. The lowest BCUT2D eigenvalue weighted by Crippen LogP contribution is -2.70. The van der Waals surface area contributed by atoms with Crippen LogP contribution in [0.15, 0.2) is 57.0 Å². The Hall–Kier alpha value is -5.00. The highest BCUT2D eigenvalue weighted by atomic mass is 16.3. The van der Waals surface area contributed by atoms with Crippen LogP contribution in [0.2, 0.25) is 0 Å². The smallest absolute Gasteiger partial charge is 0.335 e. The lowest BCUT2D eigenvalue weighted by atomic mass is 9.68. The number of imide groups is 2. The molecule has 4 amide bonds. The molecule has 210 valence electrons. The molecule has 3 aliphatic heterocycles. The first kappa shape index (κ1) is 26.2. The number of aromatic hydroxyl groups is 1. The number of nitrogens with one attached hydrogen (secondary N) is 1. The standard InChI is InChI=1S/C29H28N6O6/c1-16-6-9-19(10-7-16)35-24(37)20(23(36)31-27(35)40)15-30-18-8-11-21-17(13-18)14-29(22-5-4-12-34(21)22)25(38)32(2)28(41)33(3)26(29)39/h6-11,13,15,22,37H,4-5,12,14H2,1-3H3,(H,31,36,40). The highest BCUT2D eigenvalue weighted by Crippen LogP contribution is 2.49. The Labute approximate surface area is 234 Å². The lowest BCUT2D eigenvalue weighted by Gasteiger charge is -2.50. The molecular weight excluding hydrogens is 528 g/mol. The fraction of sp³-hybridized carbons (Fsp3) is 0.310. The number of carbonyl (C=O) groups excluding carboxylic acids is 3. The van der Waals surface area contributed by atoms with E-state index in [1.807, 2.05) is 13.0 Å². The molecule has 0 bridgehead atoms. The van der Waals surface area contributed by atoms with Gasteiger partial charge in [-0.3, -0.25) is 34.2 Å². The van der Waals surface area contributed by atoms with Crippen molar-refractivity contribution in [3.63, 3.8) is 0 Å². The molecule has 12 heteroatoms. The largest absolute Gasteiger partial charge is 0.493 e. The van der Waals surface area contributed by atoms with E-state index >= 15 is 0 Å². The maximum absolute atomic E-state index is 13.6. The summed E-state index contributed by atoms with van der Waals surface area (Å²) in [5.41, 5.74) is 0.0973. The van der Waals surface area contributed by atoms with Gasteiger partial charge in [0.1, 0.15) is 5.56 Å². The van der Waals surface area contributed by atoms with Gasteiger partial charge in [0.15, 0.2) is 5.41 Å². The van der Waals surface area contributed by atoms with Crippen LogP contribution in [0.3, 0.4) is 0 Å². The molecule has 0 saturated carbocycles. The summed E-state index contributed by atoms with van der Waals surface area (Å²) in [7, 11) is 2.79. The van der Waals surface area contributed by atoms with Crippen molar-refractivity contribution < 1.29 is 19.5 Å². The van der Waals surface area contributed by atoms with E-state index in [4.69, 9.17) is 0 Å². The minimum absolute atomic E-state index is 0.0939. The predicted octanol–water partition coefficient (Wildman–Crippen LogP) is 1.85. The van der Waals surface area contributed by atoms with Crippen molar-refractivity contribution in [2.45, 2.75) is 32.2 Å². The maximum Gasteiger partial charge on any atom is 0.335 e. The zero-order valence-corrected chi connectivity index (χ0v) is 22.7. The zero-order valence-electron chi connectivity index (χ0n) is 22.7. The van der Waals surface area contributed by atoms with Gasteiger partial charge >= 0.3 is 11.7 Å². The predicted molar refractivity (Wildman–Crippen MR) is 150 cm³/mol. The fourth-order valence-electron chi connectivity index (χ4n) is 6.31. The number of aryl methyl sites for hydroxylation is 1. The minimum atomic E-state index is -1.44. The Morgan fingerprint density at radius 2 is 1.68 bits per heavy atom. The summed E-state index contributed by atoms with van der Waals surface area (Å²) in [6.07, 6.45) is 2.71. The van der Waals surface area contributed by atoms with Gasteiger partial charge in [-0.1, -0.05) is 17.7 Å². The molecule has 2 saturated heterocycles. The highest BCUT2D eigenvalue weighted by Gasteiger charge is 2.63. The molecule has 2 fully saturated rings. The normalized spacial score (nSPS) is 19.8. The summed E-state index contributed by atoms with van der Waals surface area (Å²) in [6, 6.07) is 11.2. The first-order valence-electron chi connectivity index (χ1n) is 13.2. The number of fused-ring (bicyclic) bond motifs is 4. The van der Waals surface area contributed by atoms with Crippen LogP contribution in [-0.4, -0.2) is 75.2 Å². The van der Waals surface area contributed by atoms with E-state index in [9.17, 15) is 29.1 Å². The van der Waals surface area contributed by atoms with Gasteiger partial charge in [-0.25, -0.2) is 14.2 Å². The number of anilines is 1. The number of nitrogens with zero attached hydrogens (tertiary/aromatic N) is 5. The number of rotatable bonds is 3. The Morgan fingerprint density at radius 1 is 1.00 bits per heavy atom. The molecule has 6 rings (SSSR count). The SMILES string of the molecule is Cc1ccc(-n2c(O)c(C=Nc3ccc4c(c3)CC3(C(=O)N(C)C(=O)N(C)C3=O)C3CCCN43)c(=O)[nH]c2=O)cc1. The van der Waals surface area contributed by atoms with Crippen LogP contribution in [0, 0.1) is 12.3 Å². The van der Waals surface area contributed by atoms with Crippen LogP contribution >= 0.6 is 0 Å². The summed E-state index contributed by atoms with van der Waals surface area (Å²) in [6.45, 7) is 2.55. The van der Waals surface area contributed by atoms with E-state index in [1.165, 1.54) is 20.3 Å². The maximum atomic E-state index is 13.6. The van der Waals surface area contributed by atoms with Crippen molar-refractivity contribution in [1.82, 2.24) is 19.4 Å². The van der Waals surface area contributed by atoms with Crippen molar-refractivity contribution in [2.75, 3.05) is 25.5 Å². The van der Waals surface area contributed by atoms with Crippen molar-refractivity contribution in [2.24, 2.45) is 10.4 Å². The quantitative estimate of drug-likeness (QED) is 0.370. The average molecular weight is 557 g/mol. The van der Waals surface area contributed by atoms with E-state index in [0.717, 1.165) is 32.0 Å². The van der Waals surface area contributed by atoms with Crippen molar-refractivity contribution in [3.8, 4) is 11.6 Å². The van der Waals surface area contributed by atoms with Crippen LogP contribution in [0.4, 0.5) is 16.2 Å². The summed E-state index contributed by atoms with van der Waals surface area (Å²) < 4.78 is 0.987. The first-order valence-corrected chi connectivity index (χ1v) is 13.2. The van der Waals surface area contributed by atoms with Crippen molar-refractivity contribution in [1.29, 1.82) is 0 Å². The molecule has 0 aliphatic carbocycles. The van der Waals surface area contributed by atoms with Gasteiger partial charge in [-0.2, -0.15) is 0 Å². The summed E-state index contributed by atoms with van der Waals surface area (Å²) >= 11 is 0. The van der Waals surface area contributed by atoms with E-state index < -0.39 is 40.4 Å². The average Bonchev–Trinajstić information content (AvgIpc) is 3.45. The Kier molecular flexibility index (Phi) is 5.94. The number of aromatic amines is 1. The molecule has 3 aliphatic rings. The number of aromatic nitrogens is 2. The molecule has 1 atom stereocenters. The molecular formula is C29H28N6O6. The molecule has 0 radical (unpaired) electrons. The molecule has 1 spiro atoms. The van der Waals surface area contributed by atoms with E-state index in [0.29, 0.717) is 29.9 Å². The second-order valence-electron chi connectivity index (χ2n) is 10.7. The molecule has 41 heavy (non-hydrogen) atoms. The number of hydrogen-bond acceptors (Lipinski definition) is 8. The van der Waals surface area contributed by atoms with Crippen molar-refractivity contribution >= 4 is 35.4 Å². The van der Waals surface area contributed by atoms with E-state index in [2.05, 4.69) is 14.9 Å². The first-order chi connectivity index (χ1) is 19.5. The molecule has 4 heterocycles. The van der Waals surface area contributed by atoms with Gasteiger partial charge in [0.05, 0.1) is 17.4 Å². The second kappa shape index (κ2) is 9.29. The Morgan fingerprint density at radius 3 is 2.37 bits per heavy atom. The molecule has 1 unspecified atom stereocenters. The lowest BCUT2D eigenvalue weighted by molar-refractivity contribution is -0.159. The van der Waals surface area contributed by atoms with Crippen LogP contribution < -0.4 is 16.1 Å². The Balaban J connectivity index is 1.40. The van der Waals surface area contributed by atoms with E-state index in [-0.39, 0.29) is 18.0 Å². The highest BCUT2D eigenvalue weighted by molar-refractivity contribution is 6.20. The Bertz CT molecular complexity index is 1750. The number of urea groups is 1. The molecule has 12 nitrogen and oxygen atoms in total. The zero-order chi connectivity index (χ0) is 29.2. The topological polar surface area (TPSA) is 148 Å². The van der Waals surface area contributed by atoms with Gasteiger partial charge in [-0.05, 0) is 62.1 Å². The monoisotopic (exact) mass is 556 g/mol. The number of barbiturate groups is 1. The van der Waals surface area contributed by atoms with E-state index in [1.54, 1.807) is 36.4 Å². The van der Waals surface area contributed by atoms with Crippen LogP contribution in [0.25, 0.3) is 5.69 Å². The number of hydrogen-bond donors (Lipinski definition) is 2. The fourth-order valence-corrected chi connectivity index (χ4v) is 6.31. The number of H-pyrrole nitrogens is 1. The number of carbonyl (C=O) groups is 3. The van der Waals surface area contributed by atoms with Gasteiger partial charge in [0.25, 0.3) is 5.56 Å². The van der Waals surface area contributed by atoms with Crippen LogP contribution in [0.5, 0.6) is 5.88 Å². The number of benzene rings is 2. The third-order valence-corrected chi connectivity index (χ3v) is 8.37. The van der Waals surface area contributed by atoms with Gasteiger partial charge in [-0.15, -0.1) is 0 Å². The van der Waals surface area contributed by atoms with Gasteiger partial charge < -0.3 is 10.0 Å². The van der Waals surface area contributed by atoms with Gasteiger partial charge in [0.2, 0.25) is 17.7 Å². The van der Waals surface area contributed by atoms with Gasteiger partial charge in [0, 0.05) is 32.5 Å².